The van der Waals surface area contributed by atoms with Gasteiger partial charge in [-0.15, -0.1) is 0 Å². The number of aromatic carboxylic acids is 1. The van der Waals surface area contributed by atoms with E-state index in [1.165, 1.54) is 19.2 Å². The molecular formula is C11H16N2O4S. The first-order valence-corrected chi connectivity index (χ1v) is 6.72. The monoisotopic (exact) mass is 272 g/mol. The van der Waals surface area contributed by atoms with E-state index >= 15 is 0 Å². The summed E-state index contributed by atoms with van der Waals surface area (Å²) in [6.45, 7) is 3.41. The van der Waals surface area contributed by atoms with Gasteiger partial charge in [0.25, 0.3) is 0 Å². The van der Waals surface area contributed by atoms with Crippen LogP contribution in [0.15, 0.2) is 23.1 Å². The van der Waals surface area contributed by atoms with Crippen molar-refractivity contribution in [3.05, 3.63) is 23.8 Å². The van der Waals surface area contributed by atoms with Crippen LogP contribution in [0.2, 0.25) is 0 Å². The number of hydrogen-bond donors (Lipinski definition) is 2. The van der Waals surface area contributed by atoms with Gasteiger partial charge in [0.2, 0.25) is 10.0 Å². The van der Waals surface area contributed by atoms with Crippen molar-refractivity contribution in [1.82, 2.24) is 4.31 Å². The highest BCUT2D eigenvalue weighted by molar-refractivity contribution is 7.89. The summed E-state index contributed by atoms with van der Waals surface area (Å²) in [4.78, 5) is 10.8. The number of nitrogens with two attached hydrogens (primary N) is 1. The first-order chi connectivity index (χ1) is 8.17. The summed E-state index contributed by atoms with van der Waals surface area (Å²) in [6.07, 6.45) is 0. The number of carbonyl (C=O) groups is 1. The molecule has 0 aliphatic carbocycles. The van der Waals surface area contributed by atoms with Crippen LogP contribution >= 0.6 is 0 Å². The predicted molar refractivity (Wildman–Crippen MR) is 67.9 cm³/mol. The molecule has 0 heterocycles. The topological polar surface area (TPSA) is 101 Å². The predicted octanol–water partition coefficient (Wildman–Crippen LogP) is 0.996. The first-order valence-electron chi connectivity index (χ1n) is 5.28. The molecule has 100 valence electrons. The van der Waals surface area contributed by atoms with Crippen molar-refractivity contribution in [1.29, 1.82) is 0 Å². The maximum Gasteiger partial charge on any atom is 0.337 e. The Bertz CT molecular complexity index is 566. The van der Waals surface area contributed by atoms with Crippen LogP contribution in [-0.4, -0.2) is 36.9 Å². The lowest BCUT2D eigenvalue weighted by atomic mass is 10.2. The van der Waals surface area contributed by atoms with E-state index in [0.29, 0.717) is 0 Å². The summed E-state index contributed by atoms with van der Waals surface area (Å²) >= 11 is 0. The molecule has 0 aliphatic heterocycles. The van der Waals surface area contributed by atoms with E-state index in [1.807, 2.05) is 0 Å². The van der Waals surface area contributed by atoms with Crippen LogP contribution in [0.4, 0.5) is 5.69 Å². The summed E-state index contributed by atoms with van der Waals surface area (Å²) < 4.78 is 25.6. The fourth-order valence-electron chi connectivity index (χ4n) is 1.37. The molecule has 0 fully saturated rings. The van der Waals surface area contributed by atoms with Crippen LogP contribution in [0.3, 0.4) is 0 Å². The van der Waals surface area contributed by atoms with Crippen molar-refractivity contribution in [3.63, 3.8) is 0 Å². The van der Waals surface area contributed by atoms with Crippen molar-refractivity contribution in [2.75, 3.05) is 12.8 Å². The van der Waals surface area contributed by atoms with Crippen molar-refractivity contribution >= 4 is 21.7 Å². The van der Waals surface area contributed by atoms with Gasteiger partial charge in [-0.2, -0.15) is 4.31 Å². The molecule has 1 rings (SSSR count). The second-order valence-electron chi connectivity index (χ2n) is 4.18. The molecule has 0 bridgehead atoms. The fourth-order valence-corrected chi connectivity index (χ4v) is 2.90. The van der Waals surface area contributed by atoms with Crippen LogP contribution < -0.4 is 5.73 Å². The Balaban J connectivity index is 3.46. The number of hydrogen-bond acceptors (Lipinski definition) is 4. The molecule has 0 spiro atoms. The molecular weight excluding hydrogens is 256 g/mol. The van der Waals surface area contributed by atoms with Gasteiger partial charge < -0.3 is 10.8 Å². The molecule has 0 saturated carbocycles. The van der Waals surface area contributed by atoms with Crippen molar-refractivity contribution in [3.8, 4) is 0 Å². The highest BCUT2D eigenvalue weighted by atomic mass is 32.2. The van der Waals surface area contributed by atoms with Crippen LogP contribution in [0.25, 0.3) is 0 Å². The summed E-state index contributed by atoms with van der Waals surface area (Å²) in [5.74, 6) is -1.32. The van der Waals surface area contributed by atoms with Crippen LogP contribution in [0.5, 0.6) is 0 Å². The van der Waals surface area contributed by atoms with Gasteiger partial charge in [-0.3, -0.25) is 0 Å². The molecule has 0 aromatic heterocycles. The van der Waals surface area contributed by atoms with E-state index in [9.17, 15) is 13.2 Å². The standard InChI is InChI=1S/C11H16N2O4S/c1-7(2)13(3)18(16,17)10-5-4-8(12)6-9(10)11(14)15/h4-7H,12H2,1-3H3,(H,14,15). The minimum absolute atomic E-state index is 0.207. The van der Waals surface area contributed by atoms with Gasteiger partial charge in [0.05, 0.1) is 10.5 Å². The molecule has 0 aliphatic rings. The number of anilines is 1. The Morgan fingerprint density at radius 3 is 2.39 bits per heavy atom. The molecule has 0 radical (unpaired) electrons. The quantitative estimate of drug-likeness (QED) is 0.796. The number of sulfonamides is 1. The highest BCUT2D eigenvalue weighted by Crippen LogP contribution is 2.23. The molecule has 6 nitrogen and oxygen atoms in total. The van der Waals surface area contributed by atoms with Crippen LogP contribution in [0, 0.1) is 0 Å². The lowest BCUT2D eigenvalue weighted by molar-refractivity contribution is 0.0692. The van der Waals surface area contributed by atoms with Crippen molar-refractivity contribution in [2.24, 2.45) is 0 Å². The third-order valence-electron chi connectivity index (χ3n) is 2.62. The lowest BCUT2D eigenvalue weighted by Crippen LogP contribution is -2.34. The molecule has 3 N–H and O–H groups in total. The third-order valence-corrected chi connectivity index (χ3v) is 4.71. The summed E-state index contributed by atoms with van der Waals surface area (Å²) in [5, 5.41) is 9.04. The SMILES string of the molecule is CC(C)N(C)S(=O)(=O)c1ccc(N)cc1C(=O)O. The molecule has 0 atom stereocenters. The maximum absolute atomic E-state index is 12.2. The number of rotatable bonds is 4. The van der Waals surface area contributed by atoms with Gasteiger partial charge in [-0.05, 0) is 32.0 Å². The van der Waals surface area contributed by atoms with E-state index in [0.717, 1.165) is 10.4 Å². The van der Waals surface area contributed by atoms with Gasteiger partial charge in [0.1, 0.15) is 0 Å². The molecule has 1 aromatic rings. The van der Waals surface area contributed by atoms with Gasteiger partial charge in [0, 0.05) is 18.8 Å². The van der Waals surface area contributed by atoms with E-state index < -0.39 is 16.0 Å². The van der Waals surface area contributed by atoms with Gasteiger partial charge in [0.15, 0.2) is 0 Å². The maximum atomic E-state index is 12.2. The Morgan fingerprint density at radius 1 is 1.39 bits per heavy atom. The molecule has 0 unspecified atom stereocenters. The zero-order chi connectivity index (χ0) is 14.1. The number of benzene rings is 1. The summed E-state index contributed by atoms with van der Waals surface area (Å²) in [7, 11) is -2.43. The van der Waals surface area contributed by atoms with Crippen LogP contribution in [-0.2, 0) is 10.0 Å². The molecule has 0 saturated heterocycles. The van der Waals surface area contributed by atoms with Crippen molar-refractivity contribution in [2.45, 2.75) is 24.8 Å². The largest absolute Gasteiger partial charge is 0.478 e. The Hall–Kier alpha value is -1.60. The second kappa shape index (κ2) is 4.95. The molecule has 0 amide bonds. The smallest absolute Gasteiger partial charge is 0.337 e. The van der Waals surface area contributed by atoms with E-state index in [1.54, 1.807) is 13.8 Å². The average molecular weight is 272 g/mol. The highest BCUT2D eigenvalue weighted by Gasteiger charge is 2.28. The number of nitrogens with zero attached hydrogens (tertiary/aromatic N) is 1. The molecule has 1 aromatic carbocycles. The lowest BCUT2D eigenvalue weighted by Gasteiger charge is -2.21. The zero-order valence-corrected chi connectivity index (χ0v) is 11.2. The first kappa shape index (κ1) is 14.5. The Labute approximate surface area is 106 Å². The summed E-state index contributed by atoms with van der Waals surface area (Å²) in [6, 6.07) is 3.46. The average Bonchev–Trinajstić information content (AvgIpc) is 2.27. The number of carboxylic acids is 1. The summed E-state index contributed by atoms with van der Waals surface area (Å²) in [5.41, 5.74) is 5.36. The molecule has 7 heteroatoms. The van der Waals surface area contributed by atoms with Gasteiger partial charge in [-0.25, -0.2) is 13.2 Å². The van der Waals surface area contributed by atoms with E-state index in [4.69, 9.17) is 10.8 Å². The molecule has 18 heavy (non-hydrogen) atoms. The van der Waals surface area contributed by atoms with E-state index in [2.05, 4.69) is 0 Å². The van der Waals surface area contributed by atoms with Crippen LogP contribution in [0.1, 0.15) is 24.2 Å². The third kappa shape index (κ3) is 2.62. The fraction of sp³-hybridized carbons (Fsp3) is 0.364. The second-order valence-corrected chi connectivity index (χ2v) is 6.14. The van der Waals surface area contributed by atoms with Crippen molar-refractivity contribution < 1.29 is 18.3 Å². The van der Waals surface area contributed by atoms with E-state index in [-0.39, 0.29) is 22.2 Å². The normalized spacial score (nSPS) is 12.1. The number of carboxylic acid groups (broad SMARTS) is 1. The minimum atomic E-state index is -3.83. The van der Waals surface area contributed by atoms with Gasteiger partial charge in [-0.1, -0.05) is 0 Å². The Morgan fingerprint density at radius 2 is 1.94 bits per heavy atom. The zero-order valence-electron chi connectivity index (χ0n) is 10.4. The minimum Gasteiger partial charge on any atom is -0.478 e. The van der Waals surface area contributed by atoms with Gasteiger partial charge >= 0.3 is 5.97 Å². The number of nitrogen functional groups attached to an aromatic ring is 1. The Kier molecular flexibility index (Phi) is 3.98.